The van der Waals surface area contributed by atoms with Gasteiger partial charge in [0.25, 0.3) is 0 Å². The molecule has 1 unspecified atom stereocenters. The molecule has 21 heavy (non-hydrogen) atoms. The van der Waals surface area contributed by atoms with E-state index in [2.05, 4.69) is 4.90 Å². The lowest BCUT2D eigenvalue weighted by Gasteiger charge is -2.37. The molecule has 0 amide bonds. The van der Waals surface area contributed by atoms with Gasteiger partial charge in [0, 0.05) is 39.5 Å². The first-order valence-corrected chi connectivity index (χ1v) is 7.83. The topological polar surface area (TPSA) is 68.2 Å². The standard InChI is InChI=1S/C15H29NO5/c1-3-19-10-7-16(8-11-20-4-2)12-15(14(17)18)6-5-9-21-13-15/h3-13H2,1-2H3,(H,17,18). The van der Waals surface area contributed by atoms with Gasteiger partial charge in [-0.1, -0.05) is 0 Å². The third-order valence-corrected chi connectivity index (χ3v) is 3.81. The van der Waals surface area contributed by atoms with Gasteiger partial charge in [0.05, 0.1) is 19.8 Å². The summed E-state index contributed by atoms with van der Waals surface area (Å²) in [4.78, 5) is 13.8. The lowest BCUT2D eigenvalue weighted by molar-refractivity contribution is -0.159. The summed E-state index contributed by atoms with van der Waals surface area (Å²) < 4.78 is 16.2. The average molecular weight is 303 g/mol. The number of aliphatic carboxylic acids is 1. The maximum atomic E-state index is 11.7. The Morgan fingerprint density at radius 2 is 1.86 bits per heavy atom. The Morgan fingerprint density at radius 3 is 2.29 bits per heavy atom. The van der Waals surface area contributed by atoms with Crippen LogP contribution in [0.3, 0.4) is 0 Å². The molecule has 6 nitrogen and oxygen atoms in total. The summed E-state index contributed by atoms with van der Waals surface area (Å²) in [5.41, 5.74) is -0.795. The molecule has 0 aromatic rings. The maximum Gasteiger partial charge on any atom is 0.313 e. The number of carboxylic acids is 1. The van der Waals surface area contributed by atoms with E-state index in [1.807, 2.05) is 13.8 Å². The fourth-order valence-corrected chi connectivity index (χ4v) is 2.59. The molecule has 1 fully saturated rings. The Morgan fingerprint density at radius 1 is 1.24 bits per heavy atom. The molecule has 0 spiro atoms. The highest BCUT2D eigenvalue weighted by atomic mass is 16.5. The van der Waals surface area contributed by atoms with Crippen LogP contribution in [0.5, 0.6) is 0 Å². The zero-order valence-corrected chi connectivity index (χ0v) is 13.3. The van der Waals surface area contributed by atoms with Crippen molar-refractivity contribution >= 4 is 5.97 Å². The summed E-state index contributed by atoms with van der Waals surface area (Å²) in [7, 11) is 0. The molecule has 6 heteroatoms. The van der Waals surface area contributed by atoms with Gasteiger partial charge in [-0.3, -0.25) is 9.69 Å². The fourth-order valence-electron chi connectivity index (χ4n) is 2.59. The predicted octanol–water partition coefficient (Wildman–Crippen LogP) is 1.24. The summed E-state index contributed by atoms with van der Waals surface area (Å²) >= 11 is 0. The zero-order valence-electron chi connectivity index (χ0n) is 13.3. The number of hydrogen-bond donors (Lipinski definition) is 1. The molecule has 0 aromatic carbocycles. The van der Waals surface area contributed by atoms with Crippen molar-refractivity contribution in [3.05, 3.63) is 0 Å². The van der Waals surface area contributed by atoms with Crippen molar-refractivity contribution in [1.29, 1.82) is 0 Å². The average Bonchev–Trinajstić information content (AvgIpc) is 2.48. The predicted molar refractivity (Wildman–Crippen MR) is 79.5 cm³/mol. The van der Waals surface area contributed by atoms with E-state index in [0.29, 0.717) is 52.6 Å². The van der Waals surface area contributed by atoms with Crippen molar-refractivity contribution in [2.24, 2.45) is 5.41 Å². The first-order chi connectivity index (χ1) is 10.1. The van der Waals surface area contributed by atoms with E-state index in [1.165, 1.54) is 0 Å². The van der Waals surface area contributed by atoms with E-state index >= 15 is 0 Å². The molecule has 124 valence electrons. The van der Waals surface area contributed by atoms with Gasteiger partial charge in [0.2, 0.25) is 0 Å². The van der Waals surface area contributed by atoms with Gasteiger partial charge in [-0.2, -0.15) is 0 Å². The quantitative estimate of drug-likeness (QED) is 0.579. The van der Waals surface area contributed by atoms with Gasteiger partial charge < -0.3 is 19.3 Å². The van der Waals surface area contributed by atoms with Crippen LogP contribution in [-0.2, 0) is 19.0 Å². The molecule has 0 aliphatic carbocycles. The molecular formula is C15H29NO5. The first kappa shape index (κ1) is 18.4. The third-order valence-electron chi connectivity index (χ3n) is 3.81. The van der Waals surface area contributed by atoms with Crippen LogP contribution in [0.4, 0.5) is 0 Å². The summed E-state index contributed by atoms with van der Waals surface area (Å²) in [6.07, 6.45) is 1.47. The number of nitrogens with zero attached hydrogens (tertiary/aromatic N) is 1. The molecule has 1 aliphatic rings. The van der Waals surface area contributed by atoms with E-state index < -0.39 is 11.4 Å². The van der Waals surface area contributed by atoms with Gasteiger partial charge in [-0.15, -0.1) is 0 Å². The highest BCUT2D eigenvalue weighted by molar-refractivity contribution is 5.75. The second kappa shape index (κ2) is 10.1. The largest absolute Gasteiger partial charge is 0.481 e. The van der Waals surface area contributed by atoms with Crippen LogP contribution in [0.15, 0.2) is 0 Å². The van der Waals surface area contributed by atoms with Gasteiger partial charge in [-0.25, -0.2) is 0 Å². The molecule has 0 radical (unpaired) electrons. The Kier molecular flexibility index (Phi) is 8.84. The minimum absolute atomic E-state index is 0.294. The number of hydrogen-bond acceptors (Lipinski definition) is 5. The second-order valence-electron chi connectivity index (χ2n) is 5.41. The molecule has 1 rings (SSSR count). The molecule has 0 aromatic heterocycles. The third kappa shape index (κ3) is 6.30. The molecule has 1 aliphatic heterocycles. The van der Waals surface area contributed by atoms with Gasteiger partial charge in [0.15, 0.2) is 0 Å². The lowest BCUT2D eigenvalue weighted by atomic mass is 9.82. The van der Waals surface area contributed by atoms with Crippen molar-refractivity contribution in [2.45, 2.75) is 26.7 Å². The normalized spacial score (nSPS) is 22.6. The van der Waals surface area contributed by atoms with Crippen molar-refractivity contribution in [3.63, 3.8) is 0 Å². The van der Waals surface area contributed by atoms with Gasteiger partial charge in [-0.05, 0) is 26.7 Å². The van der Waals surface area contributed by atoms with Crippen LogP contribution < -0.4 is 0 Å². The Bertz CT molecular complexity index is 282. The van der Waals surface area contributed by atoms with Gasteiger partial charge in [0.1, 0.15) is 5.41 Å². The first-order valence-electron chi connectivity index (χ1n) is 7.83. The smallest absolute Gasteiger partial charge is 0.313 e. The minimum Gasteiger partial charge on any atom is -0.481 e. The summed E-state index contributed by atoms with van der Waals surface area (Å²) in [5.74, 6) is -0.764. The van der Waals surface area contributed by atoms with Crippen LogP contribution in [0.2, 0.25) is 0 Å². The highest BCUT2D eigenvalue weighted by Gasteiger charge is 2.41. The highest BCUT2D eigenvalue weighted by Crippen LogP contribution is 2.30. The SMILES string of the molecule is CCOCCN(CCOCC)CC1(C(=O)O)CCCOC1. The molecule has 0 saturated carbocycles. The molecule has 1 atom stereocenters. The Labute approximate surface area is 127 Å². The second-order valence-corrected chi connectivity index (χ2v) is 5.41. The molecule has 0 bridgehead atoms. The molecular weight excluding hydrogens is 274 g/mol. The minimum atomic E-state index is -0.795. The van der Waals surface area contributed by atoms with E-state index in [0.717, 1.165) is 19.5 Å². The van der Waals surface area contributed by atoms with Gasteiger partial charge >= 0.3 is 5.97 Å². The Hall–Kier alpha value is -0.690. The number of ether oxygens (including phenoxy) is 3. The number of rotatable bonds is 11. The maximum absolute atomic E-state index is 11.7. The lowest BCUT2D eigenvalue weighted by Crippen LogP contribution is -2.49. The Balaban J connectivity index is 2.59. The van der Waals surface area contributed by atoms with Crippen LogP contribution in [0.1, 0.15) is 26.7 Å². The van der Waals surface area contributed by atoms with E-state index in [1.54, 1.807) is 0 Å². The van der Waals surface area contributed by atoms with E-state index in [-0.39, 0.29) is 0 Å². The molecule has 1 N–H and O–H groups in total. The van der Waals surface area contributed by atoms with E-state index in [9.17, 15) is 9.90 Å². The molecule has 1 heterocycles. The van der Waals surface area contributed by atoms with Crippen LogP contribution in [0.25, 0.3) is 0 Å². The number of carboxylic acid groups (broad SMARTS) is 1. The van der Waals surface area contributed by atoms with Crippen LogP contribution in [0, 0.1) is 5.41 Å². The van der Waals surface area contributed by atoms with Crippen LogP contribution >= 0.6 is 0 Å². The van der Waals surface area contributed by atoms with Crippen molar-refractivity contribution in [1.82, 2.24) is 4.90 Å². The zero-order chi connectivity index (χ0) is 15.6. The fraction of sp³-hybridized carbons (Fsp3) is 0.933. The van der Waals surface area contributed by atoms with E-state index in [4.69, 9.17) is 14.2 Å². The van der Waals surface area contributed by atoms with Crippen molar-refractivity contribution < 1.29 is 24.1 Å². The summed E-state index contributed by atoms with van der Waals surface area (Å²) in [6, 6.07) is 0. The van der Waals surface area contributed by atoms with Crippen molar-refractivity contribution in [2.75, 3.05) is 59.3 Å². The van der Waals surface area contributed by atoms with Crippen LogP contribution in [-0.4, -0.2) is 75.3 Å². The monoisotopic (exact) mass is 303 g/mol. The molecule has 1 saturated heterocycles. The van der Waals surface area contributed by atoms with Crippen molar-refractivity contribution in [3.8, 4) is 0 Å². The summed E-state index contributed by atoms with van der Waals surface area (Å²) in [5, 5.41) is 9.61. The summed E-state index contributed by atoms with van der Waals surface area (Å²) in [6.45, 7) is 9.36. The number of carbonyl (C=O) groups is 1.